The van der Waals surface area contributed by atoms with Crippen LogP contribution in [0.2, 0.25) is 0 Å². The average molecular weight is 520 g/mol. The Balaban J connectivity index is 1.68. The van der Waals surface area contributed by atoms with Gasteiger partial charge in [0.05, 0.1) is 24.9 Å². The number of ether oxygens (including phenoxy) is 1. The van der Waals surface area contributed by atoms with E-state index in [4.69, 9.17) is 10.5 Å². The van der Waals surface area contributed by atoms with Gasteiger partial charge in [0.15, 0.2) is 0 Å². The number of aromatic nitrogens is 5. The molecule has 0 fully saturated rings. The second kappa shape index (κ2) is 10.4. The molecule has 11 heteroatoms. The van der Waals surface area contributed by atoms with Crippen LogP contribution in [-0.2, 0) is 19.5 Å². The van der Waals surface area contributed by atoms with Crippen LogP contribution < -0.4 is 16.0 Å². The van der Waals surface area contributed by atoms with Crippen molar-refractivity contribution in [2.45, 2.75) is 33.2 Å². The third-order valence-electron chi connectivity index (χ3n) is 5.94. The zero-order chi connectivity index (χ0) is 27.6. The zero-order valence-corrected chi connectivity index (χ0v) is 21.7. The van der Waals surface area contributed by atoms with Crippen molar-refractivity contribution in [3.05, 3.63) is 99.0 Å². The van der Waals surface area contributed by atoms with E-state index in [0.717, 1.165) is 18.1 Å². The van der Waals surface area contributed by atoms with Gasteiger partial charge in [-0.15, -0.1) is 5.73 Å². The van der Waals surface area contributed by atoms with Crippen molar-refractivity contribution >= 4 is 17.2 Å². The largest absolute Gasteiger partial charge is 0.480 e. The van der Waals surface area contributed by atoms with Crippen LogP contribution in [0.4, 0.5) is 14.6 Å². The Kier molecular flexibility index (Phi) is 7.23. The summed E-state index contributed by atoms with van der Waals surface area (Å²) in [5.41, 5.74) is 11.8. The lowest BCUT2D eigenvalue weighted by Gasteiger charge is -2.14. The maximum Gasteiger partial charge on any atom is 0.288 e. The molecule has 3 heterocycles. The number of allylic oxidation sites excluding steroid dienone is 5. The fraction of sp³-hybridized carbons (Fsp3) is 0.259. The Hall–Kier alpha value is -4.63. The first-order valence-electron chi connectivity index (χ1n) is 11.7. The number of nitrogens with zero attached hydrogens (tertiary/aromatic N) is 6. The summed E-state index contributed by atoms with van der Waals surface area (Å²) in [6, 6.07) is 3.14. The lowest BCUT2D eigenvalue weighted by molar-refractivity contribution is 0.0131. The number of aryl methyl sites for hydroxylation is 3. The maximum atomic E-state index is 13.8. The van der Waals surface area contributed by atoms with Crippen LogP contribution in [0.15, 0.2) is 70.1 Å². The van der Waals surface area contributed by atoms with Crippen molar-refractivity contribution in [1.82, 2.24) is 24.1 Å². The van der Waals surface area contributed by atoms with Gasteiger partial charge in [-0.1, -0.05) is 12.1 Å². The Morgan fingerprint density at radius 1 is 1.24 bits per heavy atom. The van der Waals surface area contributed by atoms with Gasteiger partial charge in [-0.25, -0.2) is 19.9 Å². The first kappa shape index (κ1) is 26.4. The van der Waals surface area contributed by atoms with E-state index in [2.05, 4.69) is 25.7 Å². The molecule has 38 heavy (non-hydrogen) atoms. The molecular formula is C27H27F2N7O2. The van der Waals surface area contributed by atoms with E-state index in [1.807, 2.05) is 6.92 Å². The summed E-state index contributed by atoms with van der Waals surface area (Å²) in [6.45, 7) is 4.57. The molecule has 1 aliphatic carbocycles. The summed E-state index contributed by atoms with van der Waals surface area (Å²) in [5, 5.41) is 0. The van der Waals surface area contributed by atoms with Gasteiger partial charge in [-0.05, 0) is 43.2 Å². The highest BCUT2D eigenvalue weighted by Gasteiger charge is 2.29. The first-order valence-corrected chi connectivity index (χ1v) is 11.7. The van der Waals surface area contributed by atoms with Gasteiger partial charge in [-0.3, -0.25) is 9.36 Å². The summed E-state index contributed by atoms with van der Waals surface area (Å²) >= 11 is 0. The minimum atomic E-state index is -3.06. The fourth-order valence-electron chi connectivity index (χ4n) is 3.94. The molecule has 0 saturated carbocycles. The number of rotatable bonds is 7. The number of pyridine rings is 1. The number of alkyl halides is 2. The number of amidine groups is 1. The number of nitrogens with two attached hydrogens (primary N) is 1. The molecule has 0 unspecified atom stereocenters. The van der Waals surface area contributed by atoms with Crippen LogP contribution in [0.3, 0.4) is 0 Å². The molecule has 0 saturated heterocycles. The highest BCUT2D eigenvalue weighted by molar-refractivity contribution is 6.01. The van der Waals surface area contributed by atoms with E-state index >= 15 is 0 Å². The molecule has 0 aromatic carbocycles. The molecule has 0 bridgehead atoms. The van der Waals surface area contributed by atoms with E-state index in [0.29, 0.717) is 28.5 Å². The molecule has 0 atom stereocenters. The standard InChI is InChI=1S/C27H27F2N7O2/c1-16-9-12-21(37)36(24(16)34-23(30)22-17(2)31-15-32-26(22)38-5)13-18-7-6-8-19(11-10-18)25-33-20(14-35(25)4)27(3,28)29/h6-7,9-12,14-15H,13H2,1-5H3,(H2,30,34). The third kappa shape index (κ3) is 5.37. The summed E-state index contributed by atoms with van der Waals surface area (Å²) in [4.78, 5) is 29.9. The second-order valence-electron chi connectivity index (χ2n) is 8.85. The predicted octanol–water partition coefficient (Wildman–Crippen LogP) is 3.88. The van der Waals surface area contributed by atoms with Crippen molar-refractivity contribution in [2.24, 2.45) is 17.8 Å². The summed E-state index contributed by atoms with van der Waals surface area (Å²) in [7, 11) is 3.12. The van der Waals surface area contributed by atoms with E-state index in [1.54, 1.807) is 44.3 Å². The van der Waals surface area contributed by atoms with Crippen LogP contribution in [0, 0.1) is 13.8 Å². The molecule has 0 spiro atoms. The van der Waals surface area contributed by atoms with Crippen LogP contribution >= 0.6 is 0 Å². The first-order chi connectivity index (χ1) is 18.0. The smallest absolute Gasteiger partial charge is 0.288 e. The molecule has 9 nitrogen and oxygen atoms in total. The number of hydrogen-bond acceptors (Lipinski definition) is 6. The molecule has 2 N–H and O–H groups in total. The molecule has 0 radical (unpaired) electrons. The van der Waals surface area contributed by atoms with Gasteiger partial charge in [0.25, 0.3) is 11.5 Å². The molecule has 3 aromatic rings. The molecule has 0 aliphatic heterocycles. The van der Waals surface area contributed by atoms with Gasteiger partial charge in [0.1, 0.15) is 35.1 Å². The van der Waals surface area contributed by atoms with Gasteiger partial charge in [0, 0.05) is 26.2 Å². The topological polar surface area (TPSA) is 113 Å². The SMILES string of the molecule is COc1ncnc(C)c1/C(N)=N/c1c(C)ccc(=O)n1CC1=CC=C=C(c2nc(C(C)(F)F)cn2C)C=C1. The van der Waals surface area contributed by atoms with Crippen LogP contribution in [0.25, 0.3) is 5.57 Å². The second-order valence-corrected chi connectivity index (χ2v) is 8.85. The van der Waals surface area contributed by atoms with Crippen molar-refractivity contribution in [2.75, 3.05) is 7.11 Å². The molecule has 196 valence electrons. The van der Waals surface area contributed by atoms with E-state index in [1.165, 1.54) is 34.8 Å². The van der Waals surface area contributed by atoms with Gasteiger partial charge >= 0.3 is 0 Å². The maximum absolute atomic E-state index is 13.8. The minimum Gasteiger partial charge on any atom is -0.480 e. The highest BCUT2D eigenvalue weighted by Crippen LogP contribution is 2.28. The fourth-order valence-corrected chi connectivity index (χ4v) is 3.94. The number of aliphatic imine (C=N–C) groups is 1. The number of methoxy groups -OCH3 is 1. The summed E-state index contributed by atoms with van der Waals surface area (Å²) in [6.07, 6.45) is 9.63. The van der Waals surface area contributed by atoms with E-state index < -0.39 is 5.92 Å². The third-order valence-corrected chi connectivity index (χ3v) is 5.94. The minimum absolute atomic E-state index is 0.106. The van der Waals surface area contributed by atoms with Crippen LogP contribution in [0.1, 0.15) is 35.3 Å². The Morgan fingerprint density at radius 2 is 2.00 bits per heavy atom. The monoisotopic (exact) mass is 519 g/mol. The Labute approximate surface area is 218 Å². The van der Waals surface area contributed by atoms with Crippen molar-refractivity contribution in [3.63, 3.8) is 0 Å². The Bertz CT molecular complexity index is 1610. The number of hydrogen-bond donors (Lipinski definition) is 1. The molecule has 1 aliphatic rings. The van der Waals surface area contributed by atoms with Crippen LogP contribution in [0.5, 0.6) is 5.88 Å². The summed E-state index contributed by atoms with van der Waals surface area (Å²) in [5.74, 6) is -1.95. The van der Waals surface area contributed by atoms with Crippen molar-refractivity contribution < 1.29 is 13.5 Å². The molecule has 0 amide bonds. The highest BCUT2D eigenvalue weighted by atomic mass is 19.3. The molecule has 4 rings (SSSR count). The van der Waals surface area contributed by atoms with Crippen molar-refractivity contribution in [3.8, 4) is 5.88 Å². The molecular weight excluding hydrogens is 492 g/mol. The zero-order valence-electron chi connectivity index (χ0n) is 21.7. The van der Waals surface area contributed by atoms with Gasteiger partial charge in [0.2, 0.25) is 5.88 Å². The number of imidazole rings is 1. The van der Waals surface area contributed by atoms with E-state index in [9.17, 15) is 13.6 Å². The quantitative estimate of drug-likeness (QED) is 0.288. The lowest BCUT2D eigenvalue weighted by atomic mass is 10.2. The number of halogens is 2. The van der Waals surface area contributed by atoms with E-state index in [-0.39, 0.29) is 29.5 Å². The summed E-state index contributed by atoms with van der Waals surface area (Å²) < 4.78 is 35.9. The normalized spacial score (nSPS) is 13.8. The van der Waals surface area contributed by atoms with Gasteiger partial charge in [-0.2, -0.15) is 8.78 Å². The lowest BCUT2D eigenvalue weighted by Crippen LogP contribution is -2.23. The molecule has 3 aromatic heterocycles. The average Bonchev–Trinajstić information content (AvgIpc) is 3.11. The predicted molar refractivity (Wildman–Crippen MR) is 141 cm³/mol. The van der Waals surface area contributed by atoms with Crippen molar-refractivity contribution in [1.29, 1.82) is 0 Å². The van der Waals surface area contributed by atoms with Gasteiger partial charge < -0.3 is 15.0 Å². The Morgan fingerprint density at radius 3 is 2.68 bits per heavy atom. The van der Waals surface area contributed by atoms with Crippen LogP contribution in [-0.4, -0.2) is 37.0 Å².